The van der Waals surface area contributed by atoms with E-state index in [4.69, 9.17) is 0 Å². The number of carbonyl (C=O) groups is 1. The molecule has 1 N–H and O–H groups in total. The Morgan fingerprint density at radius 3 is 3.00 bits per heavy atom. The molecule has 1 aromatic carbocycles. The fourth-order valence-electron chi connectivity index (χ4n) is 2.78. The van der Waals surface area contributed by atoms with Crippen LogP contribution < -0.4 is 4.90 Å². The Hall–Kier alpha value is -2.30. The topological polar surface area (TPSA) is 58.4 Å². The highest BCUT2D eigenvalue weighted by Crippen LogP contribution is 2.30. The van der Waals surface area contributed by atoms with Crippen molar-refractivity contribution in [3.8, 4) is 0 Å². The summed E-state index contributed by atoms with van der Waals surface area (Å²) in [6.07, 6.45) is 5.51. The van der Waals surface area contributed by atoms with Gasteiger partial charge in [-0.05, 0) is 30.5 Å². The van der Waals surface area contributed by atoms with Crippen LogP contribution in [-0.2, 0) is 20.0 Å². The van der Waals surface area contributed by atoms with Crippen LogP contribution >= 0.6 is 0 Å². The zero-order valence-corrected chi connectivity index (χ0v) is 11.4. The second-order valence-corrected chi connectivity index (χ2v) is 5.09. The average Bonchev–Trinajstić information content (AvgIpc) is 2.84. The van der Waals surface area contributed by atoms with E-state index in [-0.39, 0.29) is 0 Å². The zero-order chi connectivity index (χ0) is 14.1. The van der Waals surface area contributed by atoms with Gasteiger partial charge in [0.2, 0.25) is 0 Å². The molecule has 3 rings (SSSR count). The number of benzene rings is 1. The Labute approximate surface area is 117 Å². The third kappa shape index (κ3) is 2.15. The van der Waals surface area contributed by atoms with Gasteiger partial charge < -0.3 is 14.6 Å². The van der Waals surface area contributed by atoms with Crippen molar-refractivity contribution in [3.63, 3.8) is 0 Å². The summed E-state index contributed by atoms with van der Waals surface area (Å²) in [5.74, 6) is 0.138. The molecular weight excluding hydrogens is 254 g/mol. The van der Waals surface area contributed by atoms with Crippen LogP contribution in [0.3, 0.4) is 0 Å². The number of fused-ring (bicyclic) bond motifs is 1. The van der Waals surface area contributed by atoms with Crippen LogP contribution in [0.2, 0.25) is 0 Å². The third-order valence-electron chi connectivity index (χ3n) is 3.83. The van der Waals surface area contributed by atoms with E-state index >= 15 is 0 Å². The summed E-state index contributed by atoms with van der Waals surface area (Å²) in [6, 6.07) is 5.51. The van der Waals surface area contributed by atoms with E-state index in [1.807, 2.05) is 29.9 Å². The number of nitrogens with zero attached hydrogens (tertiary/aromatic N) is 3. The van der Waals surface area contributed by atoms with E-state index in [9.17, 15) is 9.90 Å². The summed E-state index contributed by atoms with van der Waals surface area (Å²) in [5, 5.41) is 9.29. The molecule has 0 saturated carbocycles. The van der Waals surface area contributed by atoms with Crippen LogP contribution in [0.5, 0.6) is 0 Å². The molecule has 2 aromatic rings. The smallest absolute Gasteiger partial charge is 0.336 e. The lowest BCUT2D eigenvalue weighted by Gasteiger charge is -2.31. The number of carboxylic acids is 1. The number of rotatable bonds is 3. The van der Waals surface area contributed by atoms with E-state index in [0.717, 1.165) is 36.5 Å². The maximum Gasteiger partial charge on any atom is 0.336 e. The van der Waals surface area contributed by atoms with Crippen LogP contribution in [0.1, 0.15) is 28.2 Å². The van der Waals surface area contributed by atoms with E-state index < -0.39 is 5.97 Å². The van der Waals surface area contributed by atoms with E-state index in [0.29, 0.717) is 12.1 Å². The minimum absolute atomic E-state index is 0.423. The van der Waals surface area contributed by atoms with Gasteiger partial charge in [0.1, 0.15) is 5.82 Å². The summed E-state index contributed by atoms with van der Waals surface area (Å²) >= 11 is 0. The Balaban J connectivity index is 1.96. The number of hydrogen-bond donors (Lipinski definition) is 1. The standard InChI is InChI=1S/C15H17N3O2/c1-17-9-7-16-14(17)10-18-8-3-5-11-12(15(19)20)4-2-6-13(11)18/h2,4,6-7,9H,3,5,8,10H2,1H3,(H,19,20). The van der Waals surface area contributed by atoms with E-state index in [1.54, 1.807) is 12.3 Å². The molecule has 0 spiro atoms. The summed E-state index contributed by atoms with van der Waals surface area (Å²) < 4.78 is 2.00. The van der Waals surface area contributed by atoms with Gasteiger partial charge in [-0.15, -0.1) is 0 Å². The first-order valence-corrected chi connectivity index (χ1v) is 6.73. The first kappa shape index (κ1) is 12.7. The van der Waals surface area contributed by atoms with Gasteiger partial charge >= 0.3 is 5.97 Å². The SMILES string of the molecule is Cn1ccnc1CN1CCCc2c(C(=O)O)cccc21. The molecule has 5 nitrogen and oxygen atoms in total. The molecular formula is C15H17N3O2. The highest BCUT2D eigenvalue weighted by molar-refractivity contribution is 5.91. The Bertz CT molecular complexity index is 648. The van der Waals surface area contributed by atoms with Gasteiger partial charge in [0.05, 0.1) is 12.1 Å². The highest BCUT2D eigenvalue weighted by Gasteiger charge is 2.22. The predicted octanol–water partition coefficient (Wildman–Crippen LogP) is 2.07. The van der Waals surface area contributed by atoms with Crippen LogP contribution in [0, 0.1) is 0 Å². The zero-order valence-electron chi connectivity index (χ0n) is 11.4. The van der Waals surface area contributed by atoms with Crippen LogP contribution in [0.4, 0.5) is 5.69 Å². The summed E-state index contributed by atoms with van der Waals surface area (Å²) in [4.78, 5) is 17.9. The Morgan fingerprint density at radius 2 is 2.30 bits per heavy atom. The van der Waals surface area contributed by atoms with Gasteiger partial charge in [-0.1, -0.05) is 6.07 Å². The molecule has 20 heavy (non-hydrogen) atoms. The lowest BCUT2D eigenvalue weighted by atomic mass is 9.96. The maximum absolute atomic E-state index is 11.3. The molecule has 0 amide bonds. The van der Waals surface area contributed by atoms with Crippen molar-refractivity contribution in [1.29, 1.82) is 0 Å². The molecule has 0 atom stereocenters. The monoisotopic (exact) mass is 271 g/mol. The molecule has 1 aliphatic heterocycles. The second kappa shape index (κ2) is 5.00. The van der Waals surface area contributed by atoms with Gasteiger partial charge in [-0.25, -0.2) is 9.78 Å². The first-order valence-electron chi connectivity index (χ1n) is 6.73. The molecule has 0 unspecified atom stereocenters. The quantitative estimate of drug-likeness (QED) is 0.928. The Morgan fingerprint density at radius 1 is 1.45 bits per heavy atom. The van der Waals surface area contributed by atoms with E-state index in [1.165, 1.54) is 0 Å². The number of aromatic carboxylic acids is 1. The molecule has 0 fully saturated rings. The van der Waals surface area contributed by atoms with Gasteiger partial charge in [-0.3, -0.25) is 0 Å². The lowest BCUT2D eigenvalue weighted by Crippen LogP contribution is -2.30. The van der Waals surface area contributed by atoms with Crippen LogP contribution in [0.15, 0.2) is 30.6 Å². The highest BCUT2D eigenvalue weighted by atomic mass is 16.4. The summed E-state index contributed by atoms with van der Waals surface area (Å²) in [7, 11) is 1.97. The minimum Gasteiger partial charge on any atom is -0.478 e. The van der Waals surface area contributed by atoms with Crippen LogP contribution in [-0.4, -0.2) is 27.2 Å². The first-order chi connectivity index (χ1) is 9.66. The minimum atomic E-state index is -0.847. The normalized spacial score (nSPS) is 14.2. The average molecular weight is 271 g/mol. The molecule has 1 aliphatic rings. The number of carboxylic acid groups (broad SMARTS) is 1. The molecule has 0 saturated heterocycles. The van der Waals surface area contributed by atoms with Crippen molar-refractivity contribution >= 4 is 11.7 Å². The largest absolute Gasteiger partial charge is 0.478 e. The van der Waals surface area contributed by atoms with Gasteiger partial charge in [0.25, 0.3) is 0 Å². The van der Waals surface area contributed by atoms with E-state index in [2.05, 4.69) is 9.88 Å². The third-order valence-corrected chi connectivity index (χ3v) is 3.83. The summed E-state index contributed by atoms with van der Waals surface area (Å²) in [6.45, 7) is 1.64. The van der Waals surface area contributed by atoms with Crippen molar-refractivity contribution in [2.24, 2.45) is 7.05 Å². The molecule has 2 heterocycles. The number of hydrogen-bond acceptors (Lipinski definition) is 3. The van der Waals surface area contributed by atoms with Crippen molar-refractivity contribution in [1.82, 2.24) is 9.55 Å². The number of aryl methyl sites for hydroxylation is 1. The fourth-order valence-corrected chi connectivity index (χ4v) is 2.78. The van der Waals surface area contributed by atoms with Crippen molar-refractivity contribution in [2.75, 3.05) is 11.4 Å². The Kier molecular flexibility index (Phi) is 3.18. The number of aromatic nitrogens is 2. The molecule has 104 valence electrons. The number of anilines is 1. The van der Waals surface area contributed by atoms with Gasteiger partial charge in [0, 0.05) is 31.7 Å². The predicted molar refractivity (Wildman–Crippen MR) is 76.0 cm³/mol. The molecule has 5 heteroatoms. The van der Waals surface area contributed by atoms with Crippen molar-refractivity contribution in [3.05, 3.63) is 47.5 Å². The molecule has 0 radical (unpaired) electrons. The summed E-state index contributed by atoms with van der Waals surface area (Å²) in [5.41, 5.74) is 2.40. The molecule has 1 aromatic heterocycles. The number of imidazole rings is 1. The second-order valence-electron chi connectivity index (χ2n) is 5.09. The molecule has 0 aliphatic carbocycles. The van der Waals surface area contributed by atoms with Gasteiger partial charge in [-0.2, -0.15) is 0 Å². The molecule has 0 bridgehead atoms. The van der Waals surface area contributed by atoms with Gasteiger partial charge in [0.15, 0.2) is 0 Å². The van der Waals surface area contributed by atoms with Crippen molar-refractivity contribution < 1.29 is 9.90 Å². The fraction of sp³-hybridized carbons (Fsp3) is 0.333. The van der Waals surface area contributed by atoms with Crippen LogP contribution in [0.25, 0.3) is 0 Å². The maximum atomic E-state index is 11.3. The lowest BCUT2D eigenvalue weighted by molar-refractivity contribution is 0.0695. The van der Waals surface area contributed by atoms with Crippen molar-refractivity contribution in [2.45, 2.75) is 19.4 Å².